The fourth-order valence-corrected chi connectivity index (χ4v) is 2.46. The third-order valence-electron chi connectivity index (χ3n) is 3.53. The molecule has 0 unspecified atom stereocenters. The van der Waals surface area contributed by atoms with Crippen LogP contribution in [0.2, 0.25) is 0 Å². The van der Waals surface area contributed by atoms with E-state index in [4.69, 9.17) is 4.74 Å². The van der Waals surface area contributed by atoms with Crippen molar-refractivity contribution in [1.82, 2.24) is 34.9 Å². The van der Waals surface area contributed by atoms with Crippen LogP contribution in [0.25, 0.3) is 22.4 Å². The molecule has 9 heteroatoms. The van der Waals surface area contributed by atoms with Gasteiger partial charge in [0.2, 0.25) is 0 Å². The van der Waals surface area contributed by atoms with Gasteiger partial charge >= 0.3 is 6.01 Å². The summed E-state index contributed by atoms with van der Waals surface area (Å²) in [6, 6.07) is 4.09. The van der Waals surface area contributed by atoms with Crippen molar-refractivity contribution in [3.05, 3.63) is 42.9 Å². The fourth-order valence-electron chi connectivity index (χ4n) is 2.46. The molecule has 4 rings (SSSR count). The number of nitrogens with one attached hydrogen (secondary N) is 2. The molecule has 0 fully saturated rings. The molecule has 0 saturated heterocycles. The number of imidazole rings is 1. The van der Waals surface area contributed by atoms with Gasteiger partial charge in [0.15, 0.2) is 5.65 Å². The minimum atomic E-state index is 0.303. The van der Waals surface area contributed by atoms with E-state index in [0.29, 0.717) is 29.0 Å². The van der Waals surface area contributed by atoms with Crippen LogP contribution < -0.4 is 10.1 Å². The van der Waals surface area contributed by atoms with E-state index < -0.39 is 0 Å². The molecule has 124 valence electrons. The number of ether oxygens (including phenoxy) is 1. The Morgan fingerprint density at radius 3 is 2.72 bits per heavy atom. The van der Waals surface area contributed by atoms with Crippen LogP contribution in [0.15, 0.2) is 37.1 Å². The SMILES string of the molecule is COc1ncc(Nc2ncccc2-c2nc(C)nc3nc[nH]c23)cn1. The van der Waals surface area contributed by atoms with Gasteiger partial charge in [0, 0.05) is 11.8 Å². The monoisotopic (exact) mass is 334 g/mol. The Kier molecular flexibility index (Phi) is 3.65. The van der Waals surface area contributed by atoms with Crippen molar-refractivity contribution in [1.29, 1.82) is 0 Å². The minimum absolute atomic E-state index is 0.303. The highest BCUT2D eigenvalue weighted by molar-refractivity contribution is 5.91. The van der Waals surface area contributed by atoms with Crippen LogP contribution in [0.3, 0.4) is 0 Å². The molecule has 2 N–H and O–H groups in total. The van der Waals surface area contributed by atoms with Crippen LogP contribution in [-0.2, 0) is 0 Å². The number of aryl methyl sites for hydroxylation is 1. The fraction of sp³-hybridized carbons (Fsp3) is 0.125. The van der Waals surface area contributed by atoms with E-state index in [0.717, 1.165) is 16.8 Å². The number of aromatic amines is 1. The van der Waals surface area contributed by atoms with Crippen LogP contribution in [0.4, 0.5) is 11.5 Å². The first kappa shape index (κ1) is 14.9. The summed E-state index contributed by atoms with van der Waals surface area (Å²) in [6.07, 6.45) is 6.56. The van der Waals surface area contributed by atoms with Crippen molar-refractivity contribution in [2.24, 2.45) is 0 Å². The molecule has 0 amide bonds. The Hall–Kier alpha value is -3.62. The molecule has 0 atom stereocenters. The third kappa shape index (κ3) is 2.82. The first-order valence-corrected chi connectivity index (χ1v) is 7.51. The molecule has 25 heavy (non-hydrogen) atoms. The second-order valence-corrected chi connectivity index (χ2v) is 5.20. The molecule has 0 aliphatic rings. The van der Waals surface area contributed by atoms with Gasteiger partial charge in [-0.2, -0.15) is 0 Å². The van der Waals surface area contributed by atoms with Crippen LogP contribution in [0, 0.1) is 6.92 Å². The van der Waals surface area contributed by atoms with Crippen molar-refractivity contribution < 1.29 is 4.74 Å². The number of pyridine rings is 1. The second-order valence-electron chi connectivity index (χ2n) is 5.20. The van der Waals surface area contributed by atoms with Gasteiger partial charge in [-0.25, -0.2) is 29.9 Å². The van der Waals surface area contributed by atoms with E-state index in [-0.39, 0.29) is 0 Å². The lowest BCUT2D eigenvalue weighted by Gasteiger charge is -2.11. The van der Waals surface area contributed by atoms with Gasteiger partial charge in [0.25, 0.3) is 0 Å². The summed E-state index contributed by atoms with van der Waals surface area (Å²) in [4.78, 5) is 28.8. The highest BCUT2D eigenvalue weighted by Crippen LogP contribution is 2.30. The van der Waals surface area contributed by atoms with Crippen molar-refractivity contribution in [3.63, 3.8) is 0 Å². The number of H-pyrrole nitrogens is 1. The molecule has 0 saturated carbocycles. The van der Waals surface area contributed by atoms with Gasteiger partial charge in [0.05, 0.1) is 31.5 Å². The average molecular weight is 334 g/mol. The van der Waals surface area contributed by atoms with Gasteiger partial charge in [-0.05, 0) is 19.1 Å². The summed E-state index contributed by atoms with van der Waals surface area (Å²) >= 11 is 0. The Morgan fingerprint density at radius 1 is 1.08 bits per heavy atom. The summed E-state index contributed by atoms with van der Waals surface area (Å²) in [5.74, 6) is 1.27. The molecule has 0 aliphatic carbocycles. The molecule has 4 aromatic rings. The van der Waals surface area contributed by atoms with Crippen molar-refractivity contribution >= 4 is 22.7 Å². The Balaban J connectivity index is 1.79. The number of anilines is 2. The third-order valence-corrected chi connectivity index (χ3v) is 3.53. The van der Waals surface area contributed by atoms with Crippen LogP contribution >= 0.6 is 0 Å². The lowest BCUT2D eigenvalue weighted by Crippen LogP contribution is -2.01. The summed E-state index contributed by atoms with van der Waals surface area (Å²) < 4.78 is 4.97. The summed E-state index contributed by atoms with van der Waals surface area (Å²) in [6.45, 7) is 1.83. The number of nitrogens with zero attached hydrogens (tertiary/aromatic N) is 6. The predicted octanol–water partition coefficient (Wildman–Crippen LogP) is 2.27. The van der Waals surface area contributed by atoms with Crippen LogP contribution in [0.5, 0.6) is 6.01 Å². The molecule has 0 aliphatic heterocycles. The molecule has 9 nitrogen and oxygen atoms in total. The first-order valence-electron chi connectivity index (χ1n) is 7.51. The highest BCUT2D eigenvalue weighted by atomic mass is 16.5. The first-order chi connectivity index (χ1) is 12.2. The lowest BCUT2D eigenvalue weighted by molar-refractivity contribution is 0.380. The van der Waals surface area contributed by atoms with E-state index in [2.05, 4.69) is 40.2 Å². The van der Waals surface area contributed by atoms with Gasteiger partial charge in [-0.1, -0.05) is 0 Å². The van der Waals surface area contributed by atoms with Crippen LogP contribution in [0.1, 0.15) is 5.82 Å². The largest absolute Gasteiger partial charge is 0.467 e. The van der Waals surface area contributed by atoms with E-state index in [1.54, 1.807) is 24.9 Å². The normalized spacial score (nSPS) is 10.8. The van der Waals surface area contributed by atoms with Gasteiger partial charge < -0.3 is 15.0 Å². The molecule has 0 bridgehead atoms. The van der Waals surface area contributed by atoms with E-state index in [9.17, 15) is 0 Å². The van der Waals surface area contributed by atoms with Gasteiger partial charge in [-0.3, -0.25) is 0 Å². The second kappa shape index (κ2) is 6.11. The van der Waals surface area contributed by atoms with Crippen molar-refractivity contribution in [2.75, 3.05) is 12.4 Å². The molecular formula is C16H14N8O. The van der Waals surface area contributed by atoms with E-state index in [1.165, 1.54) is 7.11 Å². The summed E-state index contributed by atoms with van der Waals surface area (Å²) in [5.41, 5.74) is 3.60. The summed E-state index contributed by atoms with van der Waals surface area (Å²) in [5, 5.41) is 3.21. The molecule has 0 spiro atoms. The molecule has 4 aromatic heterocycles. The number of methoxy groups -OCH3 is 1. The average Bonchev–Trinajstić information content (AvgIpc) is 3.10. The zero-order valence-corrected chi connectivity index (χ0v) is 13.6. The maximum Gasteiger partial charge on any atom is 0.316 e. The number of hydrogen-bond acceptors (Lipinski definition) is 8. The number of rotatable bonds is 4. The minimum Gasteiger partial charge on any atom is -0.467 e. The maximum atomic E-state index is 4.97. The Labute approximate surface area is 142 Å². The van der Waals surface area contributed by atoms with Gasteiger partial charge in [0.1, 0.15) is 22.9 Å². The smallest absolute Gasteiger partial charge is 0.316 e. The molecule has 4 heterocycles. The van der Waals surface area contributed by atoms with E-state index in [1.807, 2.05) is 19.1 Å². The lowest BCUT2D eigenvalue weighted by atomic mass is 10.1. The summed E-state index contributed by atoms with van der Waals surface area (Å²) in [7, 11) is 1.52. The topological polar surface area (TPSA) is 114 Å². The maximum absolute atomic E-state index is 4.97. The number of fused-ring (bicyclic) bond motifs is 1. The highest BCUT2D eigenvalue weighted by Gasteiger charge is 2.15. The van der Waals surface area contributed by atoms with Crippen molar-refractivity contribution in [2.45, 2.75) is 6.92 Å². The number of hydrogen-bond donors (Lipinski definition) is 2. The quantitative estimate of drug-likeness (QED) is 0.584. The zero-order valence-electron chi connectivity index (χ0n) is 13.6. The molecular weight excluding hydrogens is 320 g/mol. The van der Waals surface area contributed by atoms with Crippen molar-refractivity contribution in [3.8, 4) is 17.3 Å². The molecule has 0 radical (unpaired) electrons. The molecule has 0 aromatic carbocycles. The van der Waals surface area contributed by atoms with Crippen LogP contribution in [-0.4, -0.2) is 42.0 Å². The Morgan fingerprint density at radius 2 is 1.92 bits per heavy atom. The van der Waals surface area contributed by atoms with E-state index >= 15 is 0 Å². The predicted molar refractivity (Wildman–Crippen MR) is 91.5 cm³/mol. The number of aromatic nitrogens is 7. The Bertz CT molecular complexity index is 1030. The standard InChI is InChI=1S/C16H14N8O/c1-9-22-12(13-15(23-9)21-8-20-13)11-4-3-5-17-14(11)24-10-6-18-16(25-2)19-7-10/h3-8H,1-2H3,(H,17,24)(H,20,21,22,23). The zero-order chi connectivity index (χ0) is 17.2. The van der Waals surface area contributed by atoms with Gasteiger partial charge in [-0.15, -0.1) is 0 Å².